The number of nitrogens with zero attached hydrogens (tertiary/aromatic N) is 1. The second-order valence-corrected chi connectivity index (χ2v) is 6.40. The molecule has 0 bridgehead atoms. The molecule has 4 heteroatoms. The van der Waals surface area contributed by atoms with Gasteiger partial charge < -0.3 is 5.11 Å². The van der Waals surface area contributed by atoms with Gasteiger partial charge >= 0.3 is 0 Å². The first-order chi connectivity index (χ1) is 12.6. The molecular formula is C22H17F2NO. The van der Waals surface area contributed by atoms with Crippen LogP contribution in [0.15, 0.2) is 71.7 Å². The zero-order valence-corrected chi connectivity index (χ0v) is 14.0. The van der Waals surface area contributed by atoms with Crippen LogP contribution in [0, 0.1) is 11.6 Å². The van der Waals surface area contributed by atoms with E-state index in [1.165, 1.54) is 18.2 Å². The Hall–Kier alpha value is -3.01. The third-order valence-electron chi connectivity index (χ3n) is 4.71. The van der Waals surface area contributed by atoms with Crippen LogP contribution in [0.5, 0.6) is 5.75 Å². The van der Waals surface area contributed by atoms with Crippen molar-refractivity contribution in [2.75, 3.05) is 0 Å². The minimum Gasteiger partial charge on any atom is -0.508 e. The molecule has 26 heavy (non-hydrogen) atoms. The third kappa shape index (κ3) is 3.10. The van der Waals surface area contributed by atoms with Crippen LogP contribution in [0.3, 0.4) is 0 Å². The average molecular weight is 349 g/mol. The smallest absolute Gasteiger partial charge is 0.135 e. The fourth-order valence-corrected chi connectivity index (χ4v) is 3.35. The summed E-state index contributed by atoms with van der Waals surface area (Å²) >= 11 is 0. The van der Waals surface area contributed by atoms with Crippen LogP contribution < -0.4 is 0 Å². The normalized spacial score (nSPS) is 16.5. The lowest BCUT2D eigenvalue weighted by Gasteiger charge is -2.09. The van der Waals surface area contributed by atoms with Crippen molar-refractivity contribution in [3.8, 4) is 16.9 Å². The van der Waals surface area contributed by atoms with Crippen LogP contribution >= 0.6 is 0 Å². The van der Waals surface area contributed by atoms with E-state index < -0.39 is 11.6 Å². The predicted molar refractivity (Wildman–Crippen MR) is 98.4 cm³/mol. The molecule has 0 spiro atoms. The molecular weight excluding hydrogens is 332 g/mol. The van der Waals surface area contributed by atoms with Crippen molar-refractivity contribution < 1.29 is 13.9 Å². The fraction of sp³-hybridized carbons (Fsp3) is 0.136. The Balaban J connectivity index is 1.59. The summed E-state index contributed by atoms with van der Waals surface area (Å²) in [6, 6.07) is 18.8. The maximum absolute atomic E-state index is 14.0. The fourth-order valence-electron chi connectivity index (χ4n) is 3.35. The summed E-state index contributed by atoms with van der Waals surface area (Å²) in [5.41, 5.74) is 3.57. The summed E-state index contributed by atoms with van der Waals surface area (Å²) in [4.78, 5) is 4.57. The molecule has 0 aliphatic carbocycles. The van der Waals surface area contributed by atoms with Gasteiger partial charge in [0.15, 0.2) is 0 Å². The Labute approximate surface area is 150 Å². The van der Waals surface area contributed by atoms with Gasteiger partial charge in [0.1, 0.15) is 17.4 Å². The van der Waals surface area contributed by atoms with Gasteiger partial charge in [-0.1, -0.05) is 42.5 Å². The second kappa shape index (κ2) is 6.71. The van der Waals surface area contributed by atoms with E-state index in [1.807, 2.05) is 36.4 Å². The van der Waals surface area contributed by atoms with Crippen molar-refractivity contribution in [2.24, 2.45) is 4.99 Å². The Morgan fingerprint density at radius 3 is 2.00 bits per heavy atom. The number of hydrogen-bond acceptors (Lipinski definition) is 2. The van der Waals surface area contributed by atoms with Gasteiger partial charge in [-0.2, -0.15) is 0 Å². The molecule has 1 atom stereocenters. The highest BCUT2D eigenvalue weighted by atomic mass is 19.1. The summed E-state index contributed by atoms with van der Waals surface area (Å²) in [6.45, 7) is 0. The van der Waals surface area contributed by atoms with E-state index in [0.29, 0.717) is 12.1 Å². The van der Waals surface area contributed by atoms with Crippen molar-refractivity contribution in [3.05, 3.63) is 89.5 Å². The molecule has 0 aromatic heterocycles. The lowest BCUT2D eigenvalue weighted by atomic mass is 9.99. The van der Waals surface area contributed by atoms with E-state index in [2.05, 4.69) is 4.99 Å². The molecule has 130 valence electrons. The van der Waals surface area contributed by atoms with Gasteiger partial charge in [0.2, 0.25) is 0 Å². The van der Waals surface area contributed by atoms with Crippen molar-refractivity contribution in [2.45, 2.75) is 18.9 Å². The predicted octanol–water partition coefficient (Wildman–Crippen LogP) is 5.66. The van der Waals surface area contributed by atoms with E-state index in [-0.39, 0.29) is 17.4 Å². The van der Waals surface area contributed by atoms with Gasteiger partial charge in [-0.15, -0.1) is 0 Å². The first kappa shape index (κ1) is 16.5. The van der Waals surface area contributed by atoms with Crippen LogP contribution in [-0.4, -0.2) is 10.8 Å². The molecule has 0 unspecified atom stereocenters. The molecule has 2 nitrogen and oxygen atoms in total. The van der Waals surface area contributed by atoms with Crippen LogP contribution in [-0.2, 0) is 0 Å². The number of aromatic hydroxyl groups is 1. The molecule has 1 N–H and O–H groups in total. The first-order valence-electron chi connectivity index (χ1n) is 8.52. The van der Waals surface area contributed by atoms with Gasteiger partial charge in [0.05, 0.1) is 11.6 Å². The van der Waals surface area contributed by atoms with Crippen LogP contribution in [0.1, 0.15) is 30.0 Å². The highest BCUT2D eigenvalue weighted by Gasteiger charge is 2.24. The molecule has 4 rings (SSSR count). The molecule has 1 aliphatic rings. The minimum atomic E-state index is -0.563. The van der Waals surface area contributed by atoms with E-state index >= 15 is 0 Å². The maximum Gasteiger partial charge on any atom is 0.135 e. The summed E-state index contributed by atoms with van der Waals surface area (Å²) in [6.07, 6.45) is 1.30. The zero-order valence-electron chi connectivity index (χ0n) is 14.0. The Morgan fingerprint density at radius 1 is 0.808 bits per heavy atom. The average Bonchev–Trinajstić information content (AvgIpc) is 3.12. The highest BCUT2D eigenvalue weighted by molar-refractivity contribution is 6.02. The summed E-state index contributed by atoms with van der Waals surface area (Å²) in [7, 11) is 0. The van der Waals surface area contributed by atoms with Crippen LogP contribution in [0.25, 0.3) is 11.1 Å². The van der Waals surface area contributed by atoms with Gasteiger partial charge in [0.25, 0.3) is 0 Å². The lowest BCUT2D eigenvalue weighted by molar-refractivity contribution is 0.475. The molecule has 0 amide bonds. The molecule has 0 fully saturated rings. The largest absolute Gasteiger partial charge is 0.508 e. The number of halogens is 2. The zero-order chi connectivity index (χ0) is 18.1. The summed E-state index contributed by atoms with van der Waals surface area (Å²) in [5, 5.41) is 9.38. The number of rotatable bonds is 3. The minimum absolute atomic E-state index is 0.00397. The van der Waals surface area contributed by atoms with Crippen LogP contribution in [0.4, 0.5) is 8.78 Å². The molecule has 1 aliphatic heterocycles. The Bertz CT molecular complexity index is 942. The topological polar surface area (TPSA) is 32.6 Å². The third-order valence-corrected chi connectivity index (χ3v) is 4.71. The van der Waals surface area contributed by atoms with Crippen molar-refractivity contribution in [1.82, 2.24) is 0 Å². The monoisotopic (exact) mass is 349 g/mol. The SMILES string of the molecule is Oc1ccc(-c2ccc([C@H]3CCC(c4c(F)cccc4F)=N3)cc2)cc1. The number of aliphatic imine (C=N–C) groups is 1. The van der Waals surface area contributed by atoms with Gasteiger partial charge in [-0.3, -0.25) is 4.99 Å². The second-order valence-electron chi connectivity index (χ2n) is 6.40. The highest BCUT2D eigenvalue weighted by Crippen LogP contribution is 2.33. The van der Waals surface area contributed by atoms with Crippen molar-refractivity contribution >= 4 is 5.71 Å². The molecule has 0 saturated heterocycles. The number of benzene rings is 3. The number of phenols is 1. The van der Waals surface area contributed by atoms with Gasteiger partial charge in [0, 0.05) is 5.71 Å². The summed E-state index contributed by atoms with van der Waals surface area (Å²) < 4.78 is 27.9. The Kier molecular flexibility index (Phi) is 4.25. The van der Waals surface area contributed by atoms with E-state index in [0.717, 1.165) is 23.1 Å². The molecule has 3 aromatic rings. The number of hydrogen-bond donors (Lipinski definition) is 1. The van der Waals surface area contributed by atoms with E-state index in [4.69, 9.17) is 0 Å². The molecule has 0 saturated carbocycles. The molecule has 0 radical (unpaired) electrons. The first-order valence-corrected chi connectivity index (χ1v) is 8.52. The van der Waals surface area contributed by atoms with E-state index in [9.17, 15) is 13.9 Å². The van der Waals surface area contributed by atoms with Crippen LogP contribution in [0.2, 0.25) is 0 Å². The quantitative estimate of drug-likeness (QED) is 0.650. The van der Waals surface area contributed by atoms with Gasteiger partial charge in [-0.05, 0) is 53.8 Å². The van der Waals surface area contributed by atoms with Crippen molar-refractivity contribution in [1.29, 1.82) is 0 Å². The maximum atomic E-state index is 14.0. The standard InChI is InChI=1S/C22H17F2NO/c23-18-2-1-3-19(24)22(18)21-13-12-20(25-21)16-6-4-14(5-7-16)15-8-10-17(26)11-9-15/h1-11,20,26H,12-13H2/t20-/m1/s1. The lowest BCUT2D eigenvalue weighted by Crippen LogP contribution is -2.03. The Morgan fingerprint density at radius 2 is 1.38 bits per heavy atom. The van der Waals surface area contributed by atoms with Crippen molar-refractivity contribution in [3.63, 3.8) is 0 Å². The van der Waals surface area contributed by atoms with E-state index in [1.54, 1.807) is 12.1 Å². The number of phenolic OH excluding ortho intramolecular Hbond substituents is 1. The summed E-state index contributed by atoms with van der Waals surface area (Å²) in [5.74, 6) is -0.891. The molecule has 3 aromatic carbocycles. The van der Waals surface area contributed by atoms with Gasteiger partial charge in [-0.25, -0.2) is 8.78 Å². The molecule has 1 heterocycles.